The van der Waals surface area contributed by atoms with E-state index in [1.54, 1.807) is 6.92 Å². The lowest BCUT2D eigenvalue weighted by Crippen LogP contribution is -2.12. The van der Waals surface area contributed by atoms with E-state index in [1.165, 1.54) is 6.92 Å². The third-order valence-electron chi connectivity index (χ3n) is 1.97. The number of nitrogens with two attached hydrogens (primary N) is 1. The van der Waals surface area contributed by atoms with E-state index in [1.807, 2.05) is 0 Å². The summed E-state index contributed by atoms with van der Waals surface area (Å²) in [6, 6.07) is 1.13. The van der Waals surface area contributed by atoms with Gasteiger partial charge in [0.25, 0.3) is 6.43 Å². The van der Waals surface area contributed by atoms with Gasteiger partial charge in [-0.1, -0.05) is 0 Å². The highest BCUT2D eigenvalue weighted by Crippen LogP contribution is 2.23. The summed E-state index contributed by atoms with van der Waals surface area (Å²) in [5, 5.41) is 0. The molecule has 0 bridgehead atoms. The summed E-state index contributed by atoms with van der Waals surface area (Å²) in [5.74, 6) is -0.875. The van der Waals surface area contributed by atoms with Crippen LogP contribution in [0.1, 0.15) is 35.0 Å². The molecule has 1 rings (SSSR count). The van der Waals surface area contributed by atoms with Crippen LogP contribution >= 0.6 is 0 Å². The number of ether oxygens (including phenoxy) is 1. The topological polar surface area (TPSA) is 65.2 Å². The fourth-order valence-electron chi connectivity index (χ4n) is 1.30. The SMILES string of the molecule is CCOC(=O)c1c(C)cc(C(F)F)nc1N. The van der Waals surface area contributed by atoms with Crippen molar-refractivity contribution in [1.29, 1.82) is 0 Å². The van der Waals surface area contributed by atoms with Crippen LogP contribution in [-0.2, 0) is 4.74 Å². The summed E-state index contributed by atoms with van der Waals surface area (Å²) in [5.41, 5.74) is 5.39. The van der Waals surface area contributed by atoms with E-state index < -0.39 is 18.1 Å². The molecule has 0 aliphatic heterocycles. The standard InChI is InChI=1S/C10H12F2N2O2/c1-3-16-10(15)7-5(2)4-6(8(11)12)14-9(7)13/h4,8H,3H2,1-2H3,(H2,13,14). The van der Waals surface area contributed by atoms with Crippen LogP contribution in [0.2, 0.25) is 0 Å². The highest BCUT2D eigenvalue weighted by molar-refractivity contribution is 5.95. The van der Waals surface area contributed by atoms with Gasteiger partial charge < -0.3 is 10.5 Å². The summed E-state index contributed by atoms with van der Waals surface area (Å²) < 4.78 is 29.5. The largest absolute Gasteiger partial charge is 0.462 e. The zero-order valence-electron chi connectivity index (χ0n) is 8.96. The molecule has 2 N–H and O–H groups in total. The molecule has 0 radical (unpaired) electrons. The number of esters is 1. The van der Waals surface area contributed by atoms with E-state index in [0.717, 1.165) is 6.07 Å². The van der Waals surface area contributed by atoms with E-state index in [0.29, 0.717) is 5.56 Å². The molecular formula is C10H12F2N2O2. The van der Waals surface area contributed by atoms with E-state index in [-0.39, 0.29) is 18.0 Å². The van der Waals surface area contributed by atoms with Crippen molar-refractivity contribution in [3.05, 3.63) is 22.9 Å². The van der Waals surface area contributed by atoms with Crippen LogP contribution in [0.4, 0.5) is 14.6 Å². The molecule has 6 heteroatoms. The van der Waals surface area contributed by atoms with Crippen molar-refractivity contribution in [1.82, 2.24) is 4.98 Å². The Morgan fingerprint density at radius 1 is 1.62 bits per heavy atom. The summed E-state index contributed by atoms with van der Waals surface area (Å²) >= 11 is 0. The van der Waals surface area contributed by atoms with Crippen LogP contribution in [-0.4, -0.2) is 17.6 Å². The Labute approximate surface area is 91.4 Å². The smallest absolute Gasteiger partial charge is 0.342 e. The first kappa shape index (κ1) is 12.4. The minimum atomic E-state index is -2.71. The van der Waals surface area contributed by atoms with Gasteiger partial charge in [-0.3, -0.25) is 0 Å². The van der Waals surface area contributed by atoms with E-state index in [9.17, 15) is 13.6 Å². The highest BCUT2D eigenvalue weighted by atomic mass is 19.3. The molecule has 0 aromatic carbocycles. The van der Waals surface area contributed by atoms with Gasteiger partial charge in [-0.05, 0) is 25.5 Å². The van der Waals surface area contributed by atoms with E-state index in [4.69, 9.17) is 10.5 Å². The number of rotatable bonds is 3. The zero-order chi connectivity index (χ0) is 12.3. The van der Waals surface area contributed by atoms with Gasteiger partial charge in [0.1, 0.15) is 17.1 Å². The average Bonchev–Trinajstić information content (AvgIpc) is 2.16. The second-order valence-electron chi connectivity index (χ2n) is 3.15. The Morgan fingerprint density at radius 3 is 2.69 bits per heavy atom. The molecule has 0 amide bonds. The molecule has 0 aliphatic carbocycles. The predicted octanol–water partition coefficient (Wildman–Crippen LogP) is 2.09. The summed E-state index contributed by atoms with van der Waals surface area (Å²) in [6.07, 6.45) is -2.71. The number of nitrogen functional groups attached to an aromatic ring is 1. The van der Waals surface area contributed by atoms with Crippen molar-refractivity contribution in [2.24, 2.45) is 0 Å². The molecule has 16 heavy (non-hydrogen) atoms. The predicted molar refractivity (Wildman–Crippen MR) is 54.3 cm³/mol. The second-order valence-corrected chi connectivity index (χ2v) is 3.15. The van der Waals surface area contributed by atoms with Gasteiger partial charge >= 0.3 is 5.97 Å². The molecule has 1 aromatic heterocycles. The van der Waals surface area contributed by atoms with Crippen molar-refractivity contribution in [3.8, 4) is 0 Å². The average molecular weight is 230 g/mol. The molecule has 88 valence electrons. The molecule has 0 atom stereocenters. The Kier molecular flexibility index (Phi) is 3.76. The molecule has 0 saturated carbocycles. The first-order valence-corrected chi connectivity index (χ1v) is 4.69. The van der Waals surface area contributed by atoms with Gasteiger partial charge in [-0.15, -0.1) is 0 Å². The third-order valence-corrected chi connectivity index (χ3v) is 1.97. The molecular weight excluding hydrogens is 218 g/mol. The number of aryl methyl sites for hydroxylation is 1. The first-order chi connectivity index (χ1) is 7.47. The molecule has 0 aliphatic rings. The lowest BCUT2D eigenvalue weighted by Gasteiger charge is -2.09. The maximum atomic E-state index is 12.4. The second kappa shape index (κ2) is 4.87. The molecule has 0 spiro atoms. The summed E-state index contributed by atoms with van der Waals surface area (Å²) in [7, 11) is 0. The van der Waals surface area contributed by atoms with Gasteiger partial charge in [-0.2, -0.15) is 0 Å². The number of pyridine rings is 1. The van der Waals surface area contributed by atoms with Crippen LogP contribution in [0, 0.1) is 6.92 Å². The summed E-state index contributed by atoms with van der Waals surface area (Å²) in [4.78, 5) is 14.9. The quantitative estimate of drug-likeness (QED) is 0.807. The maximum Gasteiger partial charge on any atom is 0.342 e. The van der Waals surface area contributed by atoms with Crippen LogP contribution in [0.5, 0.6) is 0 Å². The van der Waals surface area contributed by atoms with Crippen LogP contribution in [0.15, 0.2) is 6.07 Å². The van der Waals surface area contributed by atoms with Crippen LogP contribution in [0.3, 0.4) is 0 Å². The minimum Gasteiger partial charge on any atom is -0.462 e. The molecule has 0 saturated heterocycles. The Hall–Kier alpha value is -1.72. The molecule has 0 unspecified atom stereocenters. The Morgan fingerprint density at radius 2 is 2.25 bits per heavy atom. The third kappa shape index (κ3) is 2.44. The van der Waals surface area contributed by atoms with Crippen molar-refractivity contribution in [2.45, 2.75) is 20.3 Å². The van der Waals surface area contributed by atoms with Gasteiger partial charge in [0.15, 0.2) is 0 Å². The minimum absolute atomic E-state index is 0.0475. The summed E-state index contributed by atoms with van der Waals surface area (Å²) in [6.45, 7) is 3.34. The lowest BCUT2D eigenvalue weighted by atomic mass is 10.1. The number of halogens is 2. The number of carbonyl (C=O) groups excluding carboxylic acids is 1. The fraction of sp³-hybridized carbons (Fsp3) is 0.400. The van der Waals surface area contributed by atoms with Crippen LogP contribution < -0.4 is 5.73 Å². The zero-order valence-corrected chi connectivity index (χ0v) is 8.96. The van der Waals surface area contributed by atoms with Crippen molar-refractivity contribution >= 4 is 11.8 Å². The number of carbonyl (C=O) groups is 1. The lowest BCUT2D eigenvalue weighted by molar-refractivity contribution is 0.0526. The Balaban J connectivity index is 3.17. The van der Waals surface area contributed by atoms with Crippen molar-refractivity contribution in [2.75, 3.05) is 12.3 Å². The number of nitrogens with zero attached hydrogens (tertiary/aromatic N) is 1. The fourth-order valence-corrected chi connectivity index (χ4v) is 1.30. The number of hydrogen-bond acceptors (Lipinski definition) is 4. The molecule has 1 heterocycles. The first-order valence-electron chi connectivity index (χ1n) is 4.69. The van der Waals surface area contributed by atoms with E-state index in [2.05, 4.69) is 4.98 Å². The number of anilines is 1. The van der Waals surface area contributed by atoms with Crippen molar-refractivity contribution in [3.63, 3.8) is 0 Å². The molecule has 0 fully saturated rings. The van der Waals surface area contributed by atoms with Gasteiger partial charge in [0.2, 0.25) is 0 Å². The van der Waals surface area contributed by atoms with Crippen LogP contribution in [0.25, 0.3) is 0 Å². The molecule has 1 aromatic rings. The number of aromatic nitrogens is 1. The van der Waals surface area contributed by atoms with Gasteiger partial charge in [0, 0.05) is 0 Å². The van der Waals surface area contributed by atoms with E-state index >= 15 is 0 Å². The number of hydrogen-bond donors (Lipinski definition) is 1. The van der Waals surface area contributed by atoms with Gasteiger partial charge in [0.05, 0.1) is 6.61 Å². The highest BCUT2D eigenvalue weighted by Gasteiger charge is 2.19. The Bertz CT molecular complexity index is 385. The normalized spacial score (nSPS) is 10.6. The molecule has 4 nitrogen and oxygen atoms in total. The monoisotopic (exact) mass is 230 g/mol. The maximum absolute atomic E-state index is 12.4. The number of alkyl halides is 2. The van der Waals surface area contributed by atoms with Crippen molar-refractivity contribution < 1.29 is 18.3 Å². The van der Waals surface area contributed by atoms with Gasteiger partial charge in [-0.25, -0.2) is 18.6 Å².